The number of nitrogens with zero attached hydrogens (tertiary/aromatic N) is 1. The van der Waals surface area contributed by atoms with Crippen LogP contribution in [0.1, 0.15) is 24.2 Å². The number of nitrogens with one attached hydrogen (secondary N) is 1. The van der Waals surface area contributed by atoms with Gasteiger partial charge >= 0.3 is 0 Å². The van der Waals surface area contributed by atoms with Gasteiger partial charge in [0.2, 0.25) is 5.91 Å². The van der Waals surface area contributed by atoms with Crippen LogP contribution in [-0.2, 0) is 4.79 Å². The SMILES string of the molecule is CC(=O)c1cccc(N2C(=O)C(CO)NCC2C)c1. The van der Waals surface area contributed by atoms with Gasteiger partial charge in [0.05, 0.1) is 6.61 Å². The van der Waals surface area contributed by atoms with Crippen LogP contribution in [0.2, 0.25) is 0 Å². The third kappa shape index (κ3) is 2.67. The van der Waals surface area contributed by atoms with E-state index in [9.17, 15) is 14.7 Å². The summed E-state index contributed by atoms with van der Waals surface area (Å²) in [4.78, 5) is 25.3. The predicted molar refractivity (Wildman–Crippen MR) is 72.3 cm³/mol. The molecular formula is C14H18N2O3. The number of aliphatic hydroxyl groups is 1. The lowest BCUT2D eigenvalue weighted by molar-refractivity contribution is -0.123. The predicted octanol–water partition coefficient (Wildman–Crippen LogP) is 0.575. The second-order valence-electron chi connectivity index (χ2n) is 4.81. The van der Waals surface area contributed by atoms with Crippen LogP contribution in [0.3, 0.4) is 0 Å². The number of rotatable bonds is 3. The zero-order valence-corrected chi connectivity index (χ0v) is 11.1. The Morgan fingerprint density at radius 1 is 1.53 bits per heavy atom. The zero-order chi connectivity index (χ0) is 14.0. The first-order valence-corrected chi connectivity index (χ1v) is 6.33. The van der Waals surface area contributed by atoms with Crippen molar-refractivity contribution in [3.8, 4) is 0 Å². The van der Waals surface area contributed by atoms with E-state index in [-0.39, 0.29) is 24.3 Å². The first-order valence-electron chi connectivity index (χ1n) is 6.33. The molecule has 19 heavy (non-hydrogen) atoms. The van der Waals surface area contributed by atoms with E-state index in [1.54, 1.807) is 29.2 Å². The summed E-state index contributed by atoms with van der Waals surface area (Å²) in [6.45, 7) is 3.81. The van der Waals surface area contributed by atoms with Crippen molar-refractivity contribution in [2.24, 2.45) is 0 Å². The third-order valence-corrected chi connectivity index (χ3v) is 3.35. The van der Waals surface area contributed by atoms with Crippen molar-refractivity contribution in [1.29, 1.82) is 0 Å². The van der Waals surface area contributed by atoms with Crippen LogP contribution in [0.4, 0.5) is 5.69 Å². The fraction of sp³-hybridized carbons (Fsp3) is 0.429. The van der Waals surface area contributed by atoms with Gasteiger partial charge in [-0.1, -0.05) is 12.1 Å². The minimum atomic E-state index is -0.572. The van der Waals surface area contributed by atoms with E-state index in [4.69, 9.17) is 0 Å². The molecule has 1 fully saturated rings. The van der Waals surface area contributed by atoms with E-state index in [2.05, 4.69) is 5.32 Å². The Balaban J connectivity index is 2.35. The molecule has 1 aromatic carbocycles. The summed E-state index contributed by atoms with van der Waals surface area (Å²) in [7, 11) is 0. The fourth-order valence-electron chi connectivity index (χ4n) is 2.28. The highest BCUT2D eigenvalue weighted by molar-refractivity contribution is 6.00. The van der Waals surface area contributed by atoms with Gasteiger partial charge in [0.25, 0.3) is 0 Å². The second kappa shape index (κ2) is 5.50. The highest BCUT2D eigenvalue weighted by atomic mass is 16.3. The van der Waals surface area contributed by atoms with Crippen molar-refractivity contribution < 1.29 is 14.7 Å². The maximum atomic E-state index is 12.3. The molecule has 0 spiro atoms. The number of piperazine rings is 1. The van der Waals surface area contributed by atoms with E-state index in [1.807, 2.05) is 6.92 Å². The third-order valence-electron chi connectivity index (χ3n) is 3.35. The summed E-state index contributed by atoms with van der Waals surface area (Å²) >= 11 is 0. The number of benzene rings is 1. The standard InChI is InChI=1S/C14H18N2O3/c1-9-7-15-13(8-17)14(19)16(9)12-5-3-4-11(6-12)10(2)18/h3-6,9,13,15,17H,7-8H2,1-2H3. The van der Waals surface area contributed by atoms with Gasteiger partial charge in [0.1, 0.15) is 6.04 Å². The summed E-state index contributed by atoms with van der Waals surface area (Å²) in [5.41, 5.74) is 1.28. The molecule has 5 heteroatoms. The van der Waals surface area contributed by atoms with Gasteiger partial charge in [0.15, 0.2) is 5.78 Å². The highest BCUT2D eigenvalue weighted by Crippen LogP contribution is 2.22. The molecule has 2 atom stereocenters. The lowest BCUT2D eigenvalue weighted by Gasteiger charge is -2.37. The summed E-state index contributed by atoms with van der Waals surface area (Å²) < 4.78 is 0. The quantitative estimate of drug-likeness (QED) is 0.782. The average molecular weight is 262 g/mol. The van der Waals surface area contributed by atoms with Gasteiger partial charge < -0.3 is 15.3 Å². The molecular weight excluding hydrogens is 244 g/mol. The lowest BCUT2D eigenvalue weighted by atomic mass is 10.1. The Morgan fingerprint density at radius 3 is 2.89 bits per heavy atom. The van der Waals surface area contributed by atoms with E-state index in [0.29, 0.717) is 17.8 Å². The Kier molecular flexibility index (Phi) is 3.97. The molecule has 0 bridgehead atoms. The Morgan fingerprint density at radius 2 is 2.26 bits per heavy atom. The molecule has 0 radical (unpaired) electrons. The molecule has 102 valence electrons. The Hall–Kier alpha value is -1.72. The molecule has 1 aliphatic rings. The molecule has 2 rings (SSSR count). The van der Waals surface area contributed by atoms with Gasteiger partial charge in [-0.3, -0.25) is 9.59 Å². The van der Waals surface area contributed by atoms with Crippen molar-refractivity contribution in [1.82, 2.24) is 5.32 Å². The summed E-state index contributed by atoms with van der Waals surface area (Å²) in [6.07, 6.45) is 0. The highest BCUT2D eigenvalue weighted by Gasteiger charge is 2.33. The maximum absolute atomic E-state index is 12.3. The van der Waals surface area contributed by atoms with E-state index in [1.165, 1.54) is 6.92 Å². The molecule has 0 aromatic heterocycles. The number of Topliss-reactive ketones (excluding diaryl/α,β-unsaturated/α-hetero) is 1. The Bertz CT molecular complexity index is 501. The van der Waals surface area contributed by atoms with Crippen molar-refractivity contribution in [3.63, 3.8) is 0 Å². The molecule has 1 aliphatic heterocycles. The van der Waals surface area contributed by atoms with Crippen LogP contribution in [0.15, 0.2) is 24.3 Å². The number of anilines is 1. The van der Waals surface area contributed by atoms with Crippen LogP contribution in [-0.4, -0.2) is 42.0 Å². The van der Waals surface area contributed by atoms with Crippen LogP contribution in [0.5, 0.6) is 0 Å². The van der Waals surface area contributed by atoms with Crippen molar-refractivity contribution in [2.75, 3.05) is 18.1 Å². The number of aliphatic hydroxyl groups excluding tert-OH is 1. The number of amides is 1. The first kappa shape index (κ1) is 13.7. The maximum Gasteiger partial charge on any atom is 0.246 e. The summed E-state index contributed by atoms with van der Waals surface area (Å²) in [5, 5.41) is 12.2. The van der Waals surface area contributed by atoms with Crippen LogP contribution in [0.25, 0.3) is 0 Å². The number of carbonyl (C=O) groups is 2. The second-order valence-corrected chi connectivity index (χ2v) is 4.81. The molecule has 1 saturated heterocycles. The van der Waals surface area contributed by atoms with Gasteiger partial charge in [-0.25, -0.2) is 0 Å². The number of hydrogen-bond donors (Lipinski definition) is 2. The van der Waals surface area contributed by atoms with Gasteiger partial charge in [-0.2, -0.15) is 0 Å². The van der Waals surface area contributed by atoms with Crippen molar-refractivity contribution in [3.05, 3.63) is 29.8 Å². The Labute approximate surface area is 112 Å². The van der Waals surface area contributed by atoms with E-state index >= 15 is 0 Å². The lowest BCUT2D eigenvalue weighted by Crippen LogP contribution is -2.60. The monoisotopic (exact) mass is 262 g/mol. The van der Waals surface area contributed by atoms with Gasteiger partial charge in [-0.15, -0.1) is 0 Å². The van der Waals surface area contributed by atoms with Gasteiger partial charge in [0, 0.05) is 23.8 Å². The summed E-state index contributed by atoms with van der Waals surface area (Å²) in [6, 6.07) is 6.43. The van der Waals surface area contributed by atoms with E-state index in [0.717, 1.165) is 0 Å². The fourth-order valence-corrected chi connectivity index (χ4v) is 2.28. The topological polar surface area (TPSA) is 69.6 Å². The van der Waals surface area contributed by atoms with Crippen LogP contribution >= 0.6 is 0 Å². The number of ketones is 1. The molecule has 1 heterocycles. The average Bonchev–Trinajstić information content (AvgIpc) is 2.39. The number of hydrogen-bond acceptors (Lipinski definition) is 4. The first-order chi connectivity index (χ1) is 9.04. The molecule has 0 aliphatic carbocycles. The molecule has 0 saturated carbocycles. The van der Waals surface area contributed by atoms with Gasteiger partial charge in [-0.05, 0) is 26.0 Å². The zero-order valence-electron chi connectivity index (χ0n) is 11.1. The van der Waals surface area contributed by atoms with Crippen LogP contribution in [0, 0.1) is 0 Å². The molecule has 1 amide bonds. The molecule has 5 nitrogen and oxygen atoms in total. The number of carbonyl (C=O) groups excluding carboxylic acids is 2. The van der Waals surface area contributed by atoms with Crippen molar-refractivity contribution >= 4 is 17.4 Å². The van der Waals surface area contributed by atoms with Crippen molar-refractivity contribution in [2.45, 2.75) is 25.9 Å². The van der Waals surface area contributed by atoms with E-state index < -0.39 is 6.04 Å². The molecule has 2 unspecified atom stereocenters. The largest absolute Gasteiger partial charge is 0.394 e. The smallest absolute Gasteiger partial charge is 0.246 e. The molecule has 2 N–H and O–H groups in total. The minimum absolute atomic E-state index is 0.0162. The summed E-state index contributed by atoms with van der Waals surface area (Å²) in [5.74, 6) is -0.197. The van der Waals surface area contributed by atoms with Crippen LogP contribution < -0.4 is 10.2 Å². The molecule has 1 aromatic rings. The normalized spacial score (nSPS) is 23.5. The minimum Gasteiger partial charge on any atom is -0.394 e.